The molecule has 2 fully saturated rings. The van der Waals surface area contributed by atoms with Crippen molar-refractivity contribution in [1.29, 1.82) is 0 Å². The van der Waals surface area contributed by atoms with Gasteiger partial charge in [-0.2, -0.15) is 0 Å². The van der Waals surface area contributed by atoms with Crippen LogP contribution in [-0.4, -0.2) is 53.6 Å². The number of hydrogen-bond donors (Lipinski definition) is 0. The lowest BCUT2D eigenvalue weighted by molar-refractivity contribution is -0.134. The van der Waals surface area contributed by atoms with Gasteiger partial charge >= 0.3 is 0 Å². The monoisotopic (exact) mass is 474 g/mol. The molecule has 2 aromatic heterocycles. The summed E-state index contributed by atoms with van der Waals surface area (Å²) >= 11 is 0. The van der Waals surface area contributed by atoms with Crippen LogP contribution < -0.4 is 9.64 Å². The molecule has 35 heavy (non-hydrogen) atoms. The highest BCUT2D eigenvalue weighted by Crippen LogP contribution is 2.42. The van der Waals surface area contributed by atoms with E-state index in [0.717, 1.165) is 55.7 Å². The number of anilines is 1. The first-order chi connectivity index (χ1) is 16.9. The van der Waals surface area contributed by atoms with Crippen molar-refractivity contribution in [3.63, 3.8) is 0 Å². The predicted molar refractivity (Wildman–Crippen MR) is 141 cm³/mol. The van der Waals surface area contributed by atoms with Crippen LogP contribution >= 0.6 is 0 Å². The molecule has 1 aromatic carbocycles. The topological polar surface area (TPSA) is 50.6 Å². The van der Waals surface area contributed by atoms with Crippen LogP contribution in [0, 0.1) is 12.3 Å². The van der Waals surface area contributed by atoms with Crippen LogP contribution in [0.1, 0.15) is 56.6 Å². The molecule has 2 saturated heterocycles. The van der Waals surface area contributed by atoms with E-state index in [1.165, 1.54) is 29.7 Å². The third-order valence-electron chi connectivity index (χ3n) is 8.40. The van der Waals surface area contributed by atoms with Gasteiger partial charge in [-0.25, -0.2) is 0 Å². The van der Waals surface area contributed by atoms with Crippen molar-refractivity contribution in [3.05, 3.63) is 54.0 Å². The van der Waals surface area contributed by atoms with Crippen molar-refractivity contribution >= 4 is 22.5 Å². The molecule has 0 radical (unpaired) electrons. The van der Waals surface area contributed by atoms with Gasteiger partial charge in [0, 0.05) is 61.9 Å². The Morgan fingerprint density at radius 3 is 2.49 bits per heavy atom. The zero-order valence-electron chi connectivity index (χ0n) is 21.6. The molecule has 1 amide bonds. The zero-order valence-corrected chi connectivity index (χ0v) is 21.6. The van der Waals surface area contributed by atoms with Crippen LogP contribution in [0.4, 0.5) is 5.69 Å². The summed E-state index contributed by atoms with van der Waals surface area (Å²) in [7, 11) is 1.74. The first-order valence-electron chi connectivity index (χ1n) is 13.0. The number of fused-ring (bicyclic) bond motifs is 1. The van der Waals surface area contributed by atoms with E-state index >= 15 is 0 Å². The fourth-order valence-electron chi connectivity index (χ4n) is 5.98. The van der Waals surface area contributed by atoms with Gasteiger partial charge in [-0.05, 0) is 67.2 Å². The Balaban J connectivity index is 1.19. The van der Waals surface area contributed by atoms with Crippen molar-refractivity contribution in [2.24, 2.45) is 5.41 Å². The van der Waals surface area contributed by atoms with Gasteiger partial charge in [0.2, 0.25) is 5.91 Å². The van der Waals surface area contributed by atoms with E-state index in [-0.39, 0.29) is 5.91 Å². The van der Waals surface area contributed by atoms with E-state index in [2.05, 4.69) is 64.5 Å². The van der Waals surface area contributed by atoms with Gasteiger partial charge in [-0.15, -0.1) is 0 Å². The zero-order chi connectivity index (χ0) is 24.6. The van der Waals surface area contributed by atoms with Crippen LogP contribution in [0.3, 0.4) is 0 Å². The molecule has 0 unspecified atom stereocenters. The summed E-state index contributed by atoms with van der Waals surface area (Å²) in [4.78, 5) is 22.1. The number of carbonyl (C=O) groups excluding carboxylic acids is 1. The number of pyridine rings is 1. The quantitative estimate of drug-likeness (QED) is 0.498. The molecule has 1 spiro atoms. The number of rotatable bonds is 5. The first-order valence-corrected chi connectivity index (χ1v) is 13.0. The fraction of sp³-hybridized carbons (Fsp3) is 0.517. The number of likely N-dealkylation sites (tertiary alicyclic amines) is 1. The smallest absolute Gasteiger partial charge is 0.242 e. The second-order valence-electron chi connectivity index (χ2n) is 10.8. The molecule has 0 N–H and O–H groups in total. The SMILES string of the molecule is COc1cc(N2CCC3(CCN(C(=O)Cn4cc(C(C)C)c5cnccc54)CC3)CC2)ccc1C. The van der Waals surface area contributed by atoms with Crippen LogP contribution in [0.15, 0.2) is 42.9 Å². The summed E-state index contributed by atoms with van der Waals surface area (Å²) in [5.41, 5.74) is 5.16. The maximum Gasteiger partial charge on any atom is 0.242 e. The van der Waals surface area contributed by atoms with Crippen LogP contribution in [-0.2, 0) is 11.3 Å². The average Bonchev–Trinajstić information content (AvgIpc) is 3.24. The van der Waals surface area contributed by atoms with Gasteiger partial charge in [0.05, 0.1) is 12.6 Å². The number of carbonyl (C=O) groups is 1. The fourth-order valence-corrected chi connectivity index (χ4v) is 5.98. The Kier molecular flexibility index (Phi) is 6.47. The largest absolute Gasteiger partial charge is 0.496 e. The summed E-state index contributed by atoms with van der Waals surface area (Å²) in [6.45, 7) is 10.8. The normalized spacial score (nSPS) is 18.0. The van der Waals surface area contributed by atoms with E-state index < -0.39 is 0 Å². The standard InChI is InChI=1S/C29H38N4O2/c1-21(2)25-19-33(26-7-12-30-18-24(25)26)20-28(34)32-15-10-29(11-16-32)8-13-31(14-9-29)23-6-5-22(3)27(17-23)35-4/h5-7,12,17-19,21H,8-11,13-16,20H2,1-4H3. The van der Waals surface area contributed by atoms with Gasteiger partial charge in [0.15, 0.2) is 0 Å². The number of piperidine rings is 2. The van der Waals surface area contributed by atoms with E-state index in [9.17, 15) is 4.79 Å². The van der Waals surface area contributed by atoms with E-state index in [1.807, 2.05) is 18.5 Å². The molecule has 2 aliphatic heterocycles. The maximum atomic E-state index is 13.3. The lowest BCUT2D eigenvalue weighted by Gasteiger charge is -2.47. The average molecular weight is 475 g/mol. The van der Waals surface area contributed by atoms with Gasteiger partial charge in [0.25, 0.3) is 0 Å². The number of ether oxygens (including phenoxy) is 1. The first kappa shape index (κ1) is 23.7. The molecule has 0 saturated carbocycles. The van der Waals surface area contributed by atoms with Crippen LogP contribution in [0.2, 0.25) is 0 Å². The Bertz CT molecular complexity index is 1200. The molecule has 0 bridgehead atoms. The minimum atomic E-state index is 0.230. The molecule has 6 nitrogen and oxygen atoms in total. The summed E-state index contributed by atoms with van der Waals surface area (Å²) < 4.78 is 7.65. The molecule has 186 valence electrons. The molecule has 5 rings (SSSR count). The second-order valence-corrected chi connectivity index (χ2v) is 10.8. The molecule has 4 heterocycles. The second kappa shape index (κ2) is 9.56. The number of benzene rings is 1. The molecule has 3 aromatic rings. The molecule has 0 atom stereocenters. The number of methoxy groups -OCH3 is 1. The molecule has 6 heteroatoms. The summed E-state index contributed by atoms with van der Waals surface area (Å²) in [5, 5.41) is 1.16. The Labute approximate surface area is 208 Å². The minimum absolute atomic E-state index is 0.230. The Hall–Kier alpha value is -3.02. The number of amides is 1. The Morgan fingerprint density at radius 1 is 1.09 bits per heavy atom. The molecule has 0 aliphatic carbocycles. The molecular formula is C29H38N4O2. The van der Waals surface area contributed by atoms with Crippen molar-refractivity contribution in [1.82, 2.24) is 14.5 Å². The van der Waals surface area contributed by atoms with E-state index in [0.29, 0.717) is 17.9 Å². The van der Waals surface area contributed by atoms with Crippen LogP contribution in [0.5, 0.6) is 5.75 Å². The molecule has 2 aliphatic rings. The number of aryl methyl sites for hydroxylation is 1. The van der Waals surface area contributed by atoms with Gasteiger partial charge < -0.3 is 19.1 Å². The predicted octanol–water partition coefficient (Wildman–Crippen LogP) is 5.39. The van der Waals surface area contributed by atoms with E-state index in [4.69, 9.17) is 4.74 Å². The minimum Gasteiger partial charge on any atom is -0.496 e. The van der Waals surface area contributed by atoms with Gasteiger partial charge in [-0.3, -0.25) is 9.78 Å². The summed E-state index contributed by atoms with van der Waals surface area (Å²) in [6.07, 6.45) is 10.5. The highest BCUT2D eigenvalue weighted by Gasteiger charge is 2.38. The summed E-state index contributed by atoms with van der Waals surface area (Å²) in [6, 6.07) is 8.55. The number of nitrogens with zero attached hydrogens (tertiary/aromatic N) is 4. The van der Waals surface area contributed by atoms with Crippen molar-refractivity contribution in [2.45, 2.75) is 58.9 Å². The lowest BCUT2D eigenvalue weighted by Crippen LogP contribution is -2.48. The van der Waals surface area contributed by atoms with Crippen molar-refractivity contribution in [3.8, 4) is 5.75 Å². The third kappa shape index (κ3) is 4.63. The van der Waals surface area contributed by atoms with Gasteiger partial charge in [-0.1, -0.05) is 19.9 Å². The van der Waals surface area contributed by atoms with Crippen molar-refractivity contribution < 1.29 is 9.53 Å². The van der Waals surface area contributed by atoms with E-state index in [1.54, 1.807) is 7.11 Å². The van der Waals surface area contributed by atoms with Gasteiger partial charge in [0.1, 0.15) is 12.3 Å². The lowest BCUT2D eigenvalue weighted by atomic mass is 9.71. The summed E-state index contributed by atoms with van der Waals surface area (Å²) in [5.74, 6) is 1.59. The van der Waals surface area contributed by atoms with Crippen molar-refractivity contribution in [2.75, 3.05) is 38.2 Å². The highest BCUT2D eigenvalue weighted by atomic mass is 16.5. The van der Waals surface area contributed by atoms with Crippen LogP contribution in [0.25, 0.3) is 10.9 Å². The maximum absolute atomic E-state index is 13.3. The highest BCUT2D eigenvalue weighted by molar-refractivity contribution is 5.86. The number of aromatic nitrogens is 2. The Morgan fingerprint density at radius 2 is 1.80 bits per heavy atom. The number of hydrogen-bond acceptors (Lipinski definition) is 4. The molecular weight excluding hydrogens is 436 g/mol. The third-order valence-corrected chi connectivity index (χ3v) is 8.40.